The molecule has 2 unspecified atom stereocenters. The molecule has 0 bridgehead atoms. The lowest BCUT2D eigenvalue weighted by atomic mass is 10.2. The average Bonchev–Trinajstić information content (AvgIpc) is 2.92. The zero-order valence-corrected chi connectivity index (χ0v) is 12.9. The smallest absolute Gasteiger partial charge is 0.272 e. The average molecular weight is 294 g/mol. The van der Waals surface area contributed by atoms with E-state index in [1.807, 2.05) is 11.8 Å². The SMILES string of the molecule is CCCNc1ccc(C(=O)NC2CCCC2SC)nn1. The Hall–Kier alpha value is -1.30. The van der Waals surface area contributed by atoms with Crippen molar-refractivity contribution >= 4 is 23.5 Å². The van der Waals surface area contributed by atoms with E-state index in [1.165, 1.54) is 12.8 Å². The number of thioether (sulfide) groups is 1. The van der Waals surface area contributed by atoms with Crippen molar-refractivity contribution in [2.75, 3.05) is 18.1 Å². The second kappa shape index (κ2) is 7.47. The fourth-order valence-electron chi connectivity index (χ4n) is 2.42. The largest absolute Gasteiger partial charge is 0.369 e. The van der Waals surface area contributed by atoms with Crippen molar-refractivity contribution in [2.45, 2.75) is 43.9 Å². The summed E-state index contributed by atoms with van der Waals surface area (Å²) in [6.45, 7) is 2.95. The van der Waals surface area contributed by atoms with Crippen LogP contribution in [0.4, 0.5) is 5.82 Å². The maximum absolute atomic E-state index is 12.1. The molecule has 1 saturated carbocycles. The second-order valence-corrected chi connectivity index (χ2v) is 6.09. The minimum absolute atomic E-state index is 0.120. The van der Waals surface area contributed by atoms with Crippen LogP contribution < -0.4 is 10.6 Å². The number of hydrogen-bond acceptors (Lipinski definition) is 5. The van der Waals surface area contributed by atoms with Crippen molar-refractivity contribution in [2.24, 2.45) is 0 Å². The second-order valence-electron chi connectivity index (χ2n) is 5.02. The monoisotopic (exact) mass is 294 g/mol. The summed E-state index contributed by atoms with van der Waals surface area (Å²) in [5, 5.41) is 14.8. The quantitative estimate of drug-likeness (QED) is 0.843. The van der Waals surface area contributed by atoms with Gasteiger partial charge in [0, 0.05) is 17.8 Å². The molecular weight excluding hydrogens is 272 g/mol. The number of hydrogen-bond donors (Lipinski definition) is 2. The van der Waals surface area contributed by atoms with Crippen LogP contribution in [0.15, 0.2) is 12.1 Å². The molecule has 0 aromatic carbocycles. The molecule has 1 aromatic rings. The van der Waals surface area contributed by atoms with Gasteiger partial charge in [-0.3, -0.25) is 4.79 Å². The van der Waals surface area contributed by atoms with Crippen molar-refractivity contribution in [3.63, 3.8) is 0 Å². The molecule has 0 aliphatic heterocycles. The van der Waals surface area contributed by atoms with Gasteiger partial charge in [0.05, 0.1) is 0 Å². The van der Waals surface area contributed by atoms with Crippen LogP contribution in [0.5, 0.6) is 0 Å². The van der Waals surface area contributed by atoms with Gasteiger partial charge in [0.15, 0.2) is 5.69 Å². The van der Waals surface area contributed by atoms with Crippen molar-refractivity contribution in [3.8, 4) is 0 Å². The minimum atomic E-state index is -0.120. The first-order valence-electron chi connectivity index (χ1n) is 7.16. The van der Waals surface area contributed by atoms with Gasteiger partial charge in [-0.1, -0.05) is 13.3 Å². The van der Waals surface area contributed by atoms with E-state index in [4.69, 9.17) is 0 Å². The van der Waals surface area contributed by atoms with Crippen LogP contribution in [0.2, 0.25) is 0 Å². The van der Waals surface area contributed by atoms with Crippen LogP contribution in [-0.4, -0.2) is 40.2 Å². The van der Waals surface area contributed by atoms with E-state index in [1.54, 1.807) is 12.1 Å². The van der Waals surface area contributed by atoms with E-state index >= 15 is 0 Å². The fraction of sp³-hybridized carbons (Fsp3) is 0.643. The van der Waals surface area contributed by atoms with Gasteiger partial charge in [-0.2, -0.15) is 11.8 Å². The topological polar surface area (TPSA) is 66.9 Å². The number of anilines is 1. The number of nitrogens with zero attached hydrogens (tertiary/aromatic N) is 2. The van der Waals surface area contributed by atoms with Crippen LogP contribution in [0.1, 0.15) is 43.1 Å². The Balaban J connectivity index is 1.92. The predicted octanol–water partition coefficient (Wildman–Crippen LogP) is 2.31. The maximum atomic E-state index is 12.1. The van der Waals surface area contributed by atoms with E-state index in [0.29, 0.717) is 16.8 Å². The fourth-order valence-corrected chi connectivity index (χ4v) is 3.35. The van der Waals surface area contributed by atoms with Crippen LogP contribution in [-0.2, 0) is 0 Å². The minimum Gasteiger partial charge on any atom is -0.369 e. The molecule has 2 N–H and O–H groups in total. The highest BCUT2D eigenvalue weighted by Gasteiger charge is 2.28. The summed E-state index contributed by atoms with van der Waals surface area (Å²) in [5.74, 6) is 0.594. The first kappa shape index (κ1) is 15.1. The van der Waals surface area contributed by atoms with E-state index in [2.05, 4.69) is 34.0 Å². The summed E-state index contributed by atoms with van der Waals surface area (Å²) in [7, 11) is 0. The Morgan fingerprint density at radius 2 is 2.25 bits per heavy atom. The molecule has 1 heterocycles. The lowest BCUT2D eigenvalue weighted by Gasteiger charge is -2.18. The van der Waals surface area contributed by atoms with Crippen LogP contribution >= 0.6 is 11.8 Å². The molecule has 0 radical (unpaired) electrons. The van der Waals surface area contributed by atoms with Gasteiger partial charge in [-0.25, -0.2) is 0 Å². The third-order valence-corrected chi connectivity index (χ3v) is 4.69. The molecule has 110 valence electrons. The van der Waals surface area contributed by atoms with Gasteiger partial charge in [0.25, 0.3) is 5.91 Å². The summed E-state index contributed by atoms with van der Waals surface area (Å²) in [6, 6.07) is 3.79. The Bertz CT molecular complexity index is 437. The van der Waals surface area contributed by atoms with E-state index in [-0.39, 0.29) is 11.9 Å². The molecule has 1 aliphatic rings. The highest BCUT2D eigenvalue weighted by molar-refractivity contribution is 7.99. The van der Waals surface area contributed by atoms with Gasteiger partial charge in [0.2, 0.25) is 0 Å². The van der Waals surface area contributed by atoms with Gasteiger partial charge in [0.1, 0.15) is 5.82 Å². The van der Waals surface area contributed by atoms with E-state index in [9.17, 15) is 4.79 Å². The number of nitrogens with one attached hydrogen (secondary N) is 2. The molecule has 0 spiro atoms. The van der Waals surface area contributed by atoms with Crippen molar-refractivity contribution in [1.29, 1.82) is 0 Å². The summed E-state index contributed by atoms with van der Waals surface area (Å²) >= 11 is 1.83. The number of carbonyl (C=O) groups excluding carboxylic acids is 1. The zero-order chi connectivity index (χ0) is 14.4. The van der Waals surface area contributed by atoms with Crippen molar-refractivity contribution < 1.29 is 4.79 Å². The Kier molecular flexibility index (Phi) is 5.64. The lowest BCUT2D eigenvalue weighted by Crippen LogP contribution is -2.39. The van der Waals surface area contributed by atoms with Crippen molar-refractivity contribution in [1.82, 2.24) is 15.5 Å². The van der Waals surface area contributed by atoms with Crippen molar-refractivity contribution in [3.05, 3.63) is 17.8 Å². The first-order chi connectivity index (χ1) is 9.74. The van der Waals surface area contributed by atoms with Gasteiger partial charge in [-0.05, 0) is 37.7 Å². The lowest BCUT2D eigenvalue weighted by molar-refractivity contribution is 0.0932. The molecule has 0 saturated heterocycles. The predicted molar refractivity (Wildman–Crippen MR) is 83.2 cm³/mol. The third-order valence-electron chi connectivity index (χ3n) is 3.53. The number of rotatable bonds is 6. The zero-order valence-electron chi connectivity index (χ0n) is 12.1. The number of aromatic nitrogens is 2. The van der Waals surface area contributed by atoms with E-state index in [0.717, 1.165) is 19.4 Å². The third kappa shape index (κ3) is 3.85. The Labute approximate surface area is 124 Å². The highest BCUT2D eigenvalue weighted by Crippen LogP contribution is 2.28. The van der Waals surface area contributed by atoms with Gasteiger partial charge in [-0.15, -0.1) is 10.2 Å². The summed E-state index contributed by atoms with van der Waals surface area (Å²) < 4.78 is 0. The molecule has 2 rings (SSSR count). The van der Waals surface area contributed by atoms with Crippen LogP contribution in [0, 0.1) is 0 Å². The summed E-state index contributed by atoms with van der Waals surface area (Å²) in [5.41, 5.74) is 0.388. The molecule has 1 aliphatic carbocycles. The van der Waals surface area contributed by atoms with Crippen LogP contribution in [0.25, 0.3) is 0 Å². The molecule has 20 heavy (non-hydrogen) atoms. The molecule has 5 nitrogen and oxygen atoms in total. The van der Waals surface area contributed by atoms with Gasteiger partial charge >= 0.3 is 0 Å². The summed E-state index contributed by atoms with van der Waals surface area (Å²) in [6.07, 6.45) is 6.55. The Morgan fingerprint density at radius 3 is 2.90 bits per heavy atom. The molecule has 1 fully saturated rings. The molecule has 2 atom stereocenters. The molecule has 6 heteroatoms. The summed E-state index contributed by atoms with van der Waals surface area (Å²) in [4.78, 5) is 12.1. The molecule has 1 aromatic heterocycles. The normalized spacial score (nSPS) is 21.7. The highest BCUT2D eigenvalue weighted by atomic mass is 32.2. The van der Waals surface area contributed by atoms with Crippen LogP contribution in [0.3, 0.4) is 0 Å². The Morgan fingerprint density at radius 1 is 1.40 bits per heavy atom. The molecule has 1 amide bonds. The number of carbonyl (C=O) groups is 1. The first-order valence-corrected chi connectivity index (χ1v) is 8.44. The standard InChI is InChI=1S/C14H22N4OS/c1-3-9-15-13-8-7-11(17-18-13)14(19)16-10-5-4-6-12(10)20-2/h7-8,10,12H,3-6,9H2,1-2H3,(H,15,18)(H,16,19). The molecular formula is C14H22N4OS. The maximum Gasteiger partial charge on any atom is 0.272 e. The van der Waals surface area contributed by atoms with E-state index < -0.39 is 0 Å². The van der Waals surface area contributed by atoms with Gasteiger partial charge < -0.3 is 10.6 Å². The number of amides is 1.